The Bertz CT molecular complexity index is 1100. The van der Waals surface area contributed by atoms with E-state index in [9.17, 15) is 0 Å². The summed E-state index contributed by atoms with van der Waals surface area (Å²) in [5, 5.41) is 0. The fourth-order valence-corrected chi connectivity index (χ4v) is 5.46. The van der Waals surface area contributed by atoms with Gasteiger partial charge >= 0.3 is 0 Å². The number of benzene rings is 4. The van der Waals surface area contributed by atoms with Crippen molar-refractivity contribution in [1.29, 1.82) is 0 Å². The summed E-state index contributed by atoms with van der Waals surface area (Å²) in [5.41, 5.74) is 9.80. The fourth-order valence-electron chi connectivity index (χ4n) is 5.46. The molecule has 0 nitrogen and oxygen atoms in total. The minimum Gasteiger partial charge on any atom is -0.0622 e. The van der Waals surface area contributed by atoms with E-state index in [2.05, 4.69) is 117 Å². The average Bonchev–Trinajstić information content (AvgIpc) is 3.21. The maximum Gasteiger partial charge on any atom is 0.0463 e. The third-order valence-corrected chi connectivity index (χ3v) is 7.22. The van der Waals surface area contributed by atoms with Crippen LogP contribution in [0.3, 0.4) is 0 Å². The predicted octanol–water partition coefficient (Wildman–Crippen LogP) is 7.68. The lowest BCUT2D eigenvalue weighted by molar-refractivity contribution is 0.576. The molecule has 1 aliphatic carbocycles. The van der Waals surface area contributed by atoms with Crippen LogP contribution in [0, 0.1) is 0 Å². The first kappa shape index (κ1) is 19.8. The van der Waals surface area contributed by atoms with E-state index in [1.165, 1.54) is 38.9 Å². The summed E-state index contributed by atoms with van der Waals surface area (Å²) in [5.74, 6) is 0.397. The lowest BCUT2D eigenvalue weighted by Gasteiger charge is -2.33. The number of hydrogen-bond donors (Lipinski definition) is 0. The summed E-state index contributed by atoms with van der Waals surface area (Å²) < 4.78 is 0. The fraction of sp³-hybridized carbons (Fsp3) is 0.226. The highest BCUT2D eigenvalue weighted by Crippen LogP contribution is 2.55. The van der Waals surface area contributed by atoms with Crippen molar-refractivity contribution in [3.63, 3.8) is 0 Å². The molecule has 1 atom stereocenters. The topological polar surface area (TPSA) is 0 Å². The van der Waals surface area contributed by atoms with Crippen LogP contribution in [0.15, 0.2) is 103 Å². The second kappa shape index (κ2) is 8.19. The van der Waals surface area contributed by atoms with E-state index in [1.54, 1.807) is 0 Å². The molecule has 0 heteroatoms. The molecule has 4 aromatic rings. The van der Waals surface area contributed by atoms with E-state index >= 15 is 0 Å². The van der Waals surface area contributed by atoms with Crippen LogP contribution in [0.5, 0.6) is 0 Å². The molecule has 0 heterocycles. The molecular formula is C31H30. The lowest BCUT2D eigenvalue weighted by atomic mass is 9.69. The Morgan fingerprint density at radius 2 is 1.13 bits per heavy atom. The maximum atomic E-state index is 2.37. The van der Waals surface area contributed by atoms with E-state index in [0.29, 0.717) is 5.92 Å². The standard InChI is InChI=1S/C31H30/c1-3-23-14-18-26(19-15-23)31(27-20-16-24(4-2)17-21-27)22-29(25-10-6-5-7-11-25)28-12-8-9-13-30(28)31/h5-21,29H,3-4,22H2,1-2H3. The molecule has 0 saturated carbocycles. The van der Waals surface area contributed by atoms with Gasteiger partial charge < -0.3 is 0 Å². The highest BCUT2D eigenvalue weighted by molar-refractivity contribution is 5.60. The first-order valence-electron chi connectivity index (χ1n) is 11.6. The molecule has 0 bridgehead atoms. The quantitative estimate of drug-likeness (QED) is 0.321. The third kappa shape index (κ3) is 3.31. The van der Waals surface area contributed by atoms with Gasteiger partial charge in [0.2, 0.25) is 0 Å². The zero-order chi connectivity index (χ0) is 21.3. The van der Waals surface area contributed by atoms with Crippen LogP contribution >= 0.6 is 0 Å². The van der Waals surface area contributed by atoms with Gasteiger partial charge in [0, 0.05) is 11.3 Å². The first-order valence-corrected chi connectivity index (χ1v) is 11.6. The second-order valence-electron chi connectivity index (χ2n) is 8.76. The van der Waals surface area contributed by atoms with Crippen molar-refractivity contribution in [2.45, 2.75) is 44.4 Å². The van der Waals surface area contributed by atoms with Gasteiger partial charge in [-0.3, -0.25) is 0 Å². The van der Waals surface area contributed by atoms with Gasteiger partial charge in [0.15, 0.2) is 0 Å². The molecule has 1 unspecified atom stereocenters. The second-order valence-corrected chi connectivity index (χ2v) is 8.76. The number of hydrogen-bond acceptors (Lipinski definition) is 0. The zero-order valence-electron chi connectivity index (χ0n) is 18.5. The summed E-state index contributed by atoms with van der Waals surface area (Å²) in [6.45, 7) is 4.45. The molecule has 0 fully saturated rings. The lowest BCUT2D eigenvalue weighted by Crippen LogP contribution is -2.27. The Hall–Kier alpha value is -3.12. The zero-order valence-corrected chi connectivity index (χ0v) is 18.5. The molecule has 154 valence electrons. The van der Waals surface area contributed by atoms with Gasteiger partial charge in [-0.2, -0.15) is 0 Å². The molecule has 0 spiro atoms. The smallest absolute Gasteiger partial charge is 0.0463 e. The molecule has 0 saturated heterocycles. The van der Waals surface area contributed by atoms with Gasteiger partial charge in [-0.15, -0.1) is 0 Å². The van der Waals surface area contributed by atoms with Crippen molar-refractivity contribution in [3.05, 3.63) is 142 Å². The third-order valence-electron chi connectivity index (χ3n) is 7.22. The van der Waals surface area contributed by atoms with Crippen LogP contribution in [0.25, 0.3) is 0 Å². The average molecular weight is 403 g/mol. The highest BCUT2D eigenvalue weighted by Gasteiger charge is 2.46. The SMILES string of the molecule is CCc1ccc(C2(c3ccc(CC)cc3)CC(c3ccccc3)c3ccccc32)cc1. The molecule has 0 aliphatic heterocycles. The van der Waals surface area contributed by atoms with Crippen molar-refractivity contribution in [2.24, 2.45) is 0 Å². The van der Waals surface area contributed by atoms with Gasteiger partial charge in [0.1, 0.15) is 0 Å². The monoisotopic (exact) mass is 402 g/mol. The van der Waals surface area contributed by atoms with Crippen molar-refractivity contribution in [1.82, 2.24) is 0 Å². The number of rotatable bonds is 5. The minimum atomic E-state index is -0.129. The van der Waals surface area contributed by atoms with Crippen LogP contribution in [-0.2, 0) is 18.3 Å². The molecule has 5 rings (SSSR count). The van der Waals surface area contributed by atoms with Crippen LogP contribution in [0.4, 0.5) is 0 Å². The number of aryl methyl sites for hydroxylation is 2. The van der Waals surface area contributed by atoms with Crippen LogP contribution in [0.2, 0.25) is 0 Å². The normalized spacial score (nSPS) is 16.8. The van der Waals surface area contributed by atoms with Gasteiger partial charge in [0.05, 0.1) is 0 Å². The van der Waals surface area contributed by atoms with Crippen LogP contribution in [0.1, 0.15) is 65.1 Å². The first-order chi connectivity index (χ1) is 15.3. The Morgan fingerprint density at radius 3 is 1.68 bits per heavy atom. The van der Waals surface area contributed by atoms with Crippen LogP contribution in [-0.4, -0.2) is 0 Å². The molecule has 0 aromatic heterocycles. The van der Waals surface area contributed by atoms with Gasteiger partial charge in [-0.25, -0.2) is 0 Å². The van der Waals surface area contributed by atoms with E-state index in [-0.39, 0.29) is 5.41 Å². The van der Waals surface area contributed by atoms with E-state index in [0.717, 1.165) is 19.3 Å². The van der Waals surface area contributed by atoms with E-state index < -0.39 is 0 Å². The summed E-state index contributed by atoms with van der Waals surface area (Å²) in [7, 11) is 0. The van der Waals surface area contributed by atoms with Crippen molar-refractivity contribution in [3.8, 4) is 0 Å². The summed E-state index contributed by atoms with van der Waals surface area (Å²) in [6, 6.07) is 38.9. The Labute approximate surface area is 186 Å². The molecule has 0 N–H and O–H groups in total. The van der Waals surface area contributed by atoms with Crippen molar-refractivity contribution < 1.29 is 0 Å². The number of fused-ring (bicyclic) bond motifs is 1. The molecule has 0 amide bonds. The van der Waals surface area contributed by atoms with Crippen molar-refractivity contribution in [2.75, 3.05) is 0 Å². The summed E-state index contributed by atoms with van der Waals surface area (Å²) in [6.07, 6.45) is 3.21. The van der Waals surface area contributed by atoms with E-state index in [4.69, 9.17) is 0 Å². The predicted molar refractivity (Wildman–Crippen MR) is 131 cm³/mol. The van der Waals surface area contributed by atoms with Gasteiger partial charge in [0.25, 0.3) is 0 Å². The molecule has 4 aromatic carbocycles. The Kier molecular flexibility index (Phi) is 5.24. The summed E-state index contributed by atoms with van der Waals surface area (Å²) in [4.78, 5) is 0. The van der Waals surface area contributed by atoms with Crippen molar-refractivity contribution >= 4 is 0 Å². The maximum absolute atomic E-state index is 2.37. The Morgan fingerprint density at radius 1 is 0.613 bits per heavy atom. The van der Waals surface area contributed by atoms with Gasteiger partial charge in [-0.05, 0) is 58.2 Å². The molecule has 31 heavy (non-hydrogen) atoms. The summed E-state index contributed by atoms with van der Waals surface area (Å²) >= 11 is 0. The largest absolute Gasteiger partial charge is 0.0622 e. The molecule has 0 radical (unpaired) electrons. The van der Waals surface area contributed by atoms with Gasteiger partial charge in [-0.1, -0.05) is 117 Å². The minimum absolute atomic E-state index is 0.129. The van der Waals surface area contributed by atoms with Crippen LogP contribution < -0.4 is 0 Å². The molecule has 1 aliphatic rings. The molecular weight excluding hydrogens is 372 g/mol. The highest BCUT2D eigenvalue weighted by atomic mass is 14.5. The van der Waals surface area contributed by atoms with E-state index in [1.807, 2.05) is 0 Å². The Balaban J connectivity index is 1.75.